The summed E-state index contributed by atoms with van der Waals surface area (Å²) in [5.41, 5.74) is 2.84. The number of oxime groups is 1. The maximum absolute atomic E-state index is 12.3. The van der Waals surface area contributed by atoms with Gasteiger partial charge in [0.05, 0.1) is 6.21 Å². The van der Waals surface area contributed by atoms with Crippen LogP contribution in [0, 0.1) is 0 Å². The van der Waals surface area contributed by atoms with Crippen LogP contribution in [0.1, 0.15) is 15.9 Å². The summed E-state index contributed by atoms with van der Waals surface area (Å²) in [5, 5.41) is 9.26. The summed E-state index contributed by atoms with van der Waals surface area (Å²) in [6.45, 7) is 1.28. The largest absolute Gasteiger partial charge is 0.399 e. The van der Waals surface area contributed by atoms with Crippen LogP contribution in [0.2, 0.25) is 0 Å². The SMILES string of the molecule is CO/N=C/c1ccc(C(=O)Nc2ccc(N3CCNC3=O)cc2)cc1. The van der Waals surface area contributed by atoms with Gasteiger partial charge >= 0.3 is 6.03 Å². The number of amides is 3. The second-order valence-electron chi connectivity index (χ2n) is 5.42. The lowest BCUT2D eigenvalue weighted by Gasteiger charge is -2.14. The van der Waals surface area contributed by atoms with Crippen molar-refractivity contribution in [3.63, 3.8) is 0 Å². The number of carbonyl (C=O) groups is 2. The lowest BCUT2D eigenvalue weighted by molar-refractivity contribution is 0.102. The standard InChI is InChI=1S/C18H18N4O3/c1-25-20-12-13-2-4-14(5-3-13)17(23)21-15-6-8-16(9-7-15)22-11-10-19-18(22)24/h2-9,12H,10-11H2,1H3,(H,19,24)(H,21,23)/b20-12+. The minimum atomic E-state index is -0.207. The second kappa shape index (κ2) is 7.48. The van der Waals surface area contributed by atoms with Crippen LogP contribution < -0.4 is 15.5 Å². The van der Waals surface area contributed by atoms with Gasteiger partial charge in [-0.1, -0.05) is 17.3 Å². The zero-order chi connectivity index (χ0) is 17.6. The molecule has 3 amide bonds. The molecule has 1 heterocycles. The Hall–Kier alpha value is -3.35. The minimum absolute atomic E-state index is 0.103. The number of hydrogen-bond donors (Lipinski definition) is 2. The van der Waals surface area contributed by atoms with Crippen molar-refractivity contribution in [1.82, 2.24) is 5.32 Å². The van der Waals surface area contributed by atoms with Crippen LogP contribution in [0.15, 0.2) is 53.7 Å². The first-order valence-corrected chi connectivity index (χ1v) is 7.81. The van der Waals surface area contributed by atoms with E-state index in [2.05, 4.69) is 20.6 Å². The molecule has 128 valence electrons. The molecule has 2 aromatic rings. The molecule has 1 saturated heterocycles. The van der Waals surface area contributed by atoms with Gasteiger partial charge in [0, 0.05) is 30.0 Å². The van der Waals surface area contributed by atoms with Gasteiger partial charge in [-0.15, -0.1) is 0 Å². The van der Waals surface area contributed by atoms with Crippen LogP contribution in [0.5, 0.6) is 0 Å². The molecule has 7 heteroatoms. The summed E-state index contributed by atoms with van der Waals surface area (Å²) in [6.07, 6.45) is 1.56. The Morgan fingerprint density at radius 3 is 2.52 bits per heavy atom. The Morgan fingerprint density at radius 1 is 1.20 bits per heavy atom. The first-order chi connectivity index (χ1) is 12.2. The molecule has 2 aromatic carbocycles. The van der Waals surface area contributed by atoms with Crippen LogP contribution in [0.25, 0.3) is 0 Å². The Balaban J connectivity index is 1.64. The maximum atomic E-state index is 12.3. The average Bonchev–Trinajstić information content (AvgIpc) is 3.07. The molecule has 2 N–H and O–H groups in total. The number of carbonyl (C=O) groups excluding carboxylic acids is 2. The predicted octanol–water partition coefficient (Wildman–Crippen LogP) is 2.45. The van der Waals surface area contributed by atoms with E-state index >= 15 is 0 Å². The topological polar surface area (TPSA) is 83.0 Å². The van der Waals surface area contributed by atoms with Gasteiger partial charge in [-0.05, 0) is 42.0 Å². The fourth-order valence-electron chi connectivity index (χ4n) is 2.48. The van der Waals surface area contributed by atoms with Crippen molar-refractivity contribution in [2.75, 3.05) is 30.4 Å². The lowest BCUT2D eigenvalue weighted by atomic mass is 10.1. The van der Waals surface area contributed by atoms with E-state index in [1.807, 2.05) is 12.1 Å². The lowest BCUT2D eigenvalue weighted by Crippen LogP contribution is -2.27. The van der Waals surface area contributed by atoms with Gasteiger partial charge in [-0.2, -0.15) is 0 Å². The number of nitrogens with zero attached hydrogens (tertiary/aromatic N) is 2. The summed E-state index contributed by atoms with van der Waals surface area (Å²) in [5.74, 6) is -0.207. The summed E-state index contributed by atoms with van der Waals surface area (Å²) in [6, 6.07) is 14.1. The molecule has 0 aromatic heterocycles. The summed E-state index contributed by atoms with van der Waals surface area (Å²) >= 11 is 0. The van der Waals surface area contributed by atoms with E-state index in [1.165, 1.54) is 7.11 Å². The highest BCUT2D eigenvalue weighted by atomic mass is 16.6. The number of urea groups is 1. The first-order valence-electron chi connectivity index (χ1n) is 7.81. The highest BCUT2D eigenvalue weighted by molar-refractivity contribution is 6.04. The molecule has 0 saturated carbocycles. The molecule has 0 atom stereocenters. The number of nitrogens with one attached hydrogen (secondary N) is 2. The Morgan fingerprint density at radius 2 is 1.92 bits per heavy atom. The third-order valence-corrected chi connectivity index (χ3v) is 3.77. The maximum Gasteiger partial charge on any atom is 0.321 e. The fourth-order valence-corrected chi connectivity index (χ4v) is 2.48. The number of rotatable bonds is 5. The van der Waals surface area contributed by atoms with Crippen molar-refractivity contribution >= 4 is 29.5 Å². The van der Waals surface area contributed by atoms with Crippen LogP contribution >= 0.6 is 0 Å². The smallest absolute Gasteiger partial charge is 0.321 e. The van der Waals surface area contributed by atoms with Gasteiger partial charge in [0.1, 0.15) is 7.11 Å². The molecule has 0 aliphatic carbocycles. The van der Waals surface area contributed by atoms with Crippen LogP contribution in [-0.2, 0) is 4.84 Å². The molecule has 0 spiro atoms. The van der Waals surface area contributed by atoms with Gasteiger partial charge in [-0.3, -0.25) is 9.69 Å². The van der Waals surface area contributed by atoms with E-state index in [-0.39, 0.29) is 11.9 Å². The monoisotopic (exact) mass is 338 g/mol. The zero-order valence-electron chi connectivity index (χ0n) is 13.7. The molecule has 3 rings (SSSR count). The van der Waals surface area contributed by atoms with E-state index in [1.54, 1.807) is 47.5 Å². The molecule has 7 nitrogen and oxygen atoms in total. The number of anilines is 2. The Kier molecular flexibility index (Phi) is 4.94. The van der Waals surface area contributed by atoms with E-state index in [0.29, 0.717) is 24.3 Å². The van der Waals surface area contributed by atoms with Gasteiger partial charge in [0.25, 0.3) is 5.91 Å². The molecule has 1 fully saturated rings. The van der Waals surface area contributed by atoms with E-state index in [9.17, 15) is 9.59 Å². The van der Waals surface area contributed by atoms with Crippen molar-refractivity contribution < 1.29 is 14.4 Å². The third kappa shape index (κ3) is 3.95. The van der Waals surface area contributed by atoms with Crippen LogP contribution in [0.3, 0.4) is 0 Å². The van der Waals surface area contributed by atoms with E-state index in [4.69, 9.17) is 0 Å². The van der Waals surface area contributed by atoms with Crippen LogP contribution in [-0.4, -0.2) is 38.4 Å². The summed E-state index contributed by atoms with van der Waals surface area (Å²) < 4.78 is 0. The third-order valence-electron chi connectivity index (χ3n) is 3.77. The highest BCUT2D eigenvalue weighted by Gasteiger charge is 2.20. The number of hydrogen-bond acceptors (Lipinski definition) is 4. The van der Waals surface area contributed by atoms with Gasteiger partial charge < -0.3 is 15.5 Å². The predicted molar refractivity (Wildman–Crippen MR) is 96.2 cm³/mol. The second-order valence-corrected chi connectivity index (χ2v) is 5.42. The fraction of sp³-hybridized carbons (Fsp3) is 0.167. The van der Waals surface area contributed by atoms with Gasteiger partial charge in [0.2, 0.25) is 0 Å². The molecule has 1 aliphatic rings. The van der Waals surface area contributed by atoms with Crippen molar-refractivity contribution in [3.05, 3.63) is 59.7 Å². The van der Waals surface area contributed by atoms with Gasteiger partial charge in [0.15, 0.2) is 0 Å². The average molecular weight is 338 g/mol. The molecule has 1 aliphatic heterocycles. The van der Waals surface area contributed by atoms with Gasteiger partial charge in [-0.25, -0.2) is 4.79 Å². The number of benzene rings is 2. The minimum Gasteiger partial charge on any atom is -0.399 e. The van der Waals surface area contributed by atoms with Crippen molar-refractivity contribution in [2.24, 2.45) is 5.16 Å². The summed E-state index contributed by atoms with van der Waals surface area (Å²) in [7, 11) is 1.47. The van der Waals surface area contributed by atoms with Crippen molar-refractivity contribution in [1.29, 1.82) is 0 Å². The highest BCUT2D eigenvalue weighted by Crippen LogP contribution is 2.20. The molecule has 0 unspecified atom stereocenters. The van der Waals surface area contributed by atoms with E-state index in [0.717, 1.165) is 11.3 Å². The molecule has 0 bridgehead atoms. The normalized spacial score (nSPS) is 13.8. The first kappa shape index (κ1) is 16.5. The molecule has 0 radical (unpaired) electrons. The van der Waals surface area contributed by atoms with Crippen molar-refractivity contribution in [2.45, 2.75) is 0 Å². The molecular weight excluding hydrogens is 320 g/mol. The van der Waals surface area contributed by atoms with Crippen molar-refractivity contribution in [3.8, 4) is 0 Å². The van der Waals surface area contributed by atoms with Crippen LogP contribution in [0.4, 0.5) is 16.2 Å². The summed E-state index contributed by atoms with van der Waals surface area (Å²) in [4.78, 5) is 30.2. The molecular formula is C18H18N4O3. The Bertz CT molecular complexity index is 785. The zero-order valence-corrected chi connectivity index (χ0v) is 13.7. The Labute approximate surface area is 145 Å². The molecule has 25 heavy (non-hydrogen) atoms. The quantitative estimate of drug-likeness (QED) is 0.649. The van der Waals surface area contributed by atoms with E-state index < -0.39 is 0 Å².